The fourth-order valence-electron chi connectivity index (χ4n) is 3.40. The van der Waals surface area contributed by atoms with Crippen LogP contribution in [0.3, 0.4) is 0 Å². The molecule has 9 heteroatoms. The maximum Gasteiger partial charge on any atom is 0.222 e. The SMILES string of the molecule is Nc1nc(C2CCOC2)cc(N2CCN(CCn3cncn3)CC2)n1. The van der Waals surface area contributed by atoms with Gasteiger partial charge in [-0.1, -0.05) is 0 Å². The Morgan fingerprint density at radius 3 is 2.76 bits per heavy atom. The monoisotopic (exact) mass is 344 g/mol. The van der Waals surface area contributed by atoms with Crippen molar-refractivity contribution in [2.45, 2.75) is 18.9 Å². The normalized spacial score (nSPS) is 21.8. The Morgan fingerprint density at radius 2 is 2.04 bits per heavy atom. The zero-order valence-corrected chi connectivity index (χ0v) is 14.3. The number of anilines is 2. The minimum absolute atomic E-state index is 0.341. The lowest BCUT2D eigenvalue weighted by Crippen LogP contribution is -2.47. The molecule has 0 saturated carbocycles. The fraction of sp³-hybridized carbons (Fsp3) is 0.625. The van der Waals surface area contributed by atoms with Gasteiger partial charge in [-0.05, 0) is 6.42 Å². The number of hydrogen-bond acceptors (Lipinski definition) is 8. The van der Waals surface area contributed by atoms with Crippen molar-refractivity contribution in [3.05, 3.63) is 24.4 Å². The van der Waals surface area contributed by atoms with E-state index in [1.807, 2.05) is 4.68 Å². The first-order valence-corrected chi connectivity index (χ1v) is 8.80. The molecule has 2 saturated heterocycles. The summed E-state index contributed by atoms with van der Waals surface area (Å²) in [4.78, 5) is 17.6. The number of piperazine rings is 1. The van der Waals surface area contributed by atoms with Gasteiger partial charge in [0, 0.05) is 51.3 Å². The Balaban J connectivity index is 1.35. The highest BCUT2D eigenvalue weighted by molar-refractivity contribution is 5.45. The minimum atomic E-state index is 0.341. The van der Waals surface area contributed by atoms with E-state index in [9.17, 15) is 0 Å². The smallest absolute Gasteiger partial charge is 0.222 e. The van der Waals surface area contributed by atoms with Crippen LogP contribution in [-0.2, 0) is 11.3 Å². The van der Waals surface area contributed by atoms with Gasteiger partial charge < -0.3 is 15.4 Å². The van der Waals surface area contributed by atoms with Crippen LogP contribution < -0.4 is 10.6 Å². The largest absolute Gasteiger partial charge is 0.381 e. The minimum Gasteiger partial charge on any atom is -0.381 e. The van der Waals surface area contributed by atoms with Crippen LogP contribution in [0, 0.1) is 0 Å². The van der Waals surface area contributed by atoms with Crippen LogP contribution in [0.15, 0.2) is 18.7 Å². The van der Waals surface area contributed by atoms with Gasteiger partial charge in [0.05, 0.1) is 18.8 Å². The molecule has 2 fully saturated rings. The quantitative estimate of drug-likeness (QED) is 0.808. The molecule has 2 N–H and O–H groups in total. The average Bonchev–Trinajstić information content (AvgIpc) is 3.33. The van der Waals surface area contributed by atoms with Gasteiger partial charge in [-0.3, -0.25) is 9.58 Å². The summed E-state index contributed by atoms with van der Waals surface area (Å²) in [5.41, 5.74) is 6.96. The van der Waals surface area contributed by atoms with Gasteiger partial charge in [0.1, 0.15) is 18.5 Å². The van der Waals surface area contributed by atoms with Crippen LogP contribution in [0.1, 0.15) is 18.0 Å². The van der Waals surface area contributed by atoms with Crippen molar-refractivity contribution >= 4 is 11.8 Å². The van der Waals surface area contributed by atoms with Crippen molar-refractivity contribution in [3.8, 4) is 0 Å². The summed E-state index contributed by atoms with van der Waals surface area (Å²) in [6.07, 6.45) is 4.34. The topological polar surface area (TPSA) is 98.2 Å². The molecule has 2 aromatic heterocycles. The molecule has 0 aliphatic carbocycles. The van der Waals surface area contributed by atoms with Gasteiger partial charge in [-0.2, -0.15) is 10.1 Å². The van der Waals surface area contributed by atoms with Gasteiger partial charge in [0.2, 0.25) is 5.95 Å². The van der Waals surface area contributed by atoms with Crippen LogP contribution in [0.25, 0.3) is 0 Å². The molecule has 2 aliphatic rings. The van der Waals surface area contributed by atoms with Crippen molar-refractivity contribution in [2.75, 3.05) is 56.6 Å². The molecule has 0 spiro atoms. The lowest BCUT2D eigenvalue weighted by Gasteiger charge is -2.35. The molecule has 25 heavy (non-hydrogen) atoms. The van der Waals surface area contributed by atoms with E-state index in [-0.39, 0.29) is 0 Å². The second kappa shape index (κ2) is 7.32. The molecule has 1 unspecified atom stereocenters. The molecule has 4 rings (SSSR count). The predicted molar refractivity (Wildman–Crippen MR) is 93.3 cm³/mol. The molecule has 134 valence electrons. The molecule has 0 amide bonds. The Bertz CT molecular complexity index is 677. The van der Waals surface area contributed by atoms with Crippen molar-refractivity contribution in [1.29, 1.82) is 0 Å². The summed E-state index contributed by atoms with van der Waals surface area (Å²) in [7, 11) is 0. The van der Waals surface area contributed by atoms with Gasteiger partial charge in [-0.15, -0.1) is 0 Å². The van der Waals surface area contributed by atoms with E-state index in [0.717, 1.165) is 70.4 Å². The second-order valence-electron chi connectivity index (χ2n) is 6.56. The highest BCUT2D eigenvalue weighted by atomic mass is 16.5. The highest BCUT2D eigenvalue weighted by Gasteiger charge is 2.23. The summed E-state index contributed by atoms with van der Waals surface area (Å²) in [6, 6.07) is 2.08. The van der Waals surface area contributed by atoms with Crippen LogP contribution in [0.4, 0.5) is 11.8 Å². The van der Waals surface area contributed by atoms with Crippen LogP contribution in [0.5, 0.6) is 0 Å². The van der Waals surface area contributed by atoms with Gasteiger partial charge in [0.15, 0.2) is 0 Å². The van der Waals surface area contributed by atoms with Crippen molar-refractivity contribution in [2.24, 2.45) is 0 Å². The lowest BCUT2D eigenvalue weighted by molar-refractivity contribution is 0.193. The van der Waals surface area contributed by atoms with E-state index < -0.39 is 0 Å². The zero-order chi connectivity index (χ0) is 17.1. The number of rotatable bonds is 5. The van der Waals surface area contributed by atoms with Crippen molar-refractivity contribution in [3.63, 3.8) is 0 Å². The third-order valence-electron chi connectivity index (χ3n) is 4.91. The number of nitrogen functional groups attached to an aromatic ring is 1. The predicted octanol–water partition coefficient (Wildman–Crippen LogP) is -0.0236. The van der Waals surface area contributed by atoms with E-state index in [4.69, 9.17) is 10.5 Å². The number of ether oxygens (including phenoxy) is 1. The van der Waals surface area contributed by atoms with Gasteiger partial charge in [0.25, 0.3) is 0 Å². The highest BCUT2D eigenvalue weighted by Crippen LogP contribution is 2.27. The average molecular weight is 344 g/mol. The zero-order valence-electron chi connectivity index (χ0n) is 14.3. The van der Waals surface area contributed by atoms with Crippen LogP contribution in [0.2, 0.25) is 0 Å². The van der Waals surface area contributed by atoms with Crippen molar-refractivity contribution in [1.82, 2.24) is 29.6 Å². The first kappa shape index (κ1) is 16.2. The molecule has 0 bridgehead atoms. The first-order valence-electron chi connectivity index (χ1n) is 8.80. The third-order valence-corrected chi connectivity index (χ3v) is 4.91. The van der Waals surface area contributed by atoms with Crippen molar-refractivity contribution < 1.29 is 4.74 Å². The molecule has 0 aromatic carbocycles. The van der Waals surface area contributed by atoms with E-state index >= 15 is 0 Å². The van der Waals surface area contributed by atoms with E-state index in [1.54, 1.807) is 12.7 Å². The van der Waals surface area contributed by atoms with Gasteiger partial charge in [-0.25, -0.2) is 9.97 Å². The number of aromatic nitrogens is 5. The van der Waals surface area contributed by atoms with E-state index in [1.165, 1.54) is 0 Å². The molecular weight excluding hydrogens is 320 g/mol. The molecule has 9 nitrogen and oxygen atoms in total. The number of hydrogen-bond donors (Lipinski definition) is 1. The van der Waals surface area contributed by atoms with E-state index in [2.05, 4.69) is 35.9 Å². The lowest BCUT2D eigenvalue weighted by atomic mass is 10.0. The van der Waals surface area contributed by atoms with Gasteiger partial charge >= 0.3 is 0 Å². The maximum atomic E-state index is 5.95. The molecular formula is C16H24N8O. The Kier molecular flexibility index (Phi) is 4.75. The third kappa shape index (κ3) is 3.88. The summed E-state index contributed by atoms with van der Waals surface area (Å²) in [6.45, 7) is 7.25. The Hall–Kier alpha value is -2.26. The molecule has 0 radical (unpaired) electrons. The Morgan fingerprint density at radius 1 is 1.16 bits per heavy atom. The molecule has 1 atom stereocenters. The number of nitrogens with zero attached hydrogens (tertiary/aromatic N) is 7. The fourth-order valence-corrected chi connectivity index (χ4v) is 3.40. The second-order valence-corrected chi connectivity index (χ2v) is 6.56. The van der Waals surface area contributed by atoms with Crippen LogP contribution in [-0.4, -0.2) is 75.6 Å². The molecule has 4 heterocycles. The summed E-state index contributed by atoms with van der Waals surface area (Å²) < 4.78 is 7.34. The summed E-state index contributed by atoms with van der Waals surface area (Å²) in [5, 5.41) is 4.15. The summed E-state index contributed by atoms with van der Waals surface area (Å²) >= 11 is 0. The maximum absolute atomic E-state index is 5.95. The standard InChI is InChI=1S/C16H24N8O/c17-16-20-14(13-1-8-25-10-13)9-15(21-16)23-5-2-22(3-6-23)4-7-24-12-18-11-19-24/h9,11-13H,1-8,10H2,(H2,17,20,21). The van der Waals surface area contributed by atoms with Crippen LogP contribution >= 0.6 is 0 Å². The molecule has 2 aliphatic heterocycles. The summed E-state index contributed by atoms with van der Waals surface area (Å²) in [5.74, 6) is 1.63. The Labute approximate surface area is 146 Å². The number of nitrogens with two attached hydrogens (primary N) is 1. The first-order chi connectivity index (χ1) is 12.3. The molecule has 2 aromatic rings. The van der Waals surface area contributed by atoms with E-state index in [0.29, 0.717) is 11.9 Å².